The number of nitrogens with one attached hydrogen (secondary N) is 1. The molecule has 4 rings (SSSR count). The number of hydrogen-bond acceptors (Lipinski definition) is 5. The number of ether oxygens (including phenoxy) is 1. The van der Waals surface area contributed by atoms with Gasteiger partial charge in [0.1, 0.15) is 23.9 Å². The number of imidazole rings is 1. The molecule has 1 saturated heterocycles. The maximum absolute atomic E-state index is 13.9. The Morgan fingerprint density at radius 3 is 2.56 bits per heavy atom. The molecule has 3 aromatic rings. The highest BCUT2D eigenvalue weighted by Gasteiger charge is 2.20. The summed E-state index contributed by atoms with van der Waals surface area (Å²) < 4.78 is 35.2. The van der Waals surface area contributed by atoms with Gasteiger partial charge in [0.15, 0.2) is 11.4 Å². The van der Waals surface area contributed by atoms with Crippen molar-refractivity contribution in [3.8, 4) is 5.75 Å². The number of piperazine rings is 1. The van der Waals surface area contributed by atoms with Crippen LogP contribution in [0.1, 0.15) is 21.7 Å². The van der Waals surface area contributed by atoms with Gasteiger partial charge < -0.3 is 15.0 Å². The molecule has 0 atom stereocenters. The monoisotopic (exact) mass is 443 g/mol. The molecule has 7 nitrogen and oxygen atoms in total. The zero-order valence-corrected chi connectivity index (χ0v) is 18.3. The van der Waals surface area contributed by atoms with Crippen LogP contribution in [0.15, 0.2) is 36.5 Å². The van der Waals surface area contributed by atoms with E-state index in [0.29, 0.717) is 29.3 Å². The number of carbonyl (C=O) groups excluding carboxylic acids is 1. The van der Waals surface area contributed by atoms with Crippen molar-refractivity contribution in [2.24, 2.45) is 0 Å². The molecule has 0 bridgehead atoms. The van der Waals surface area contributed by atoms with Crippen LogP contribution in [0.3, 0.4) is 0 Å². The Bertz CT molecular complexity index is 1090. The number of benzene rings is 1. The number of carbonyl (C=O) groups is 1. The third kappa shape index (κ3) is 4.73. The minimum Gasteiger partial charge on any atom is -0.485 e. The van der Waals surface area contributed by atoms with Crippen molar-refractivity contribution in [2.75, 3.05) is 46.3 Å². The highest BCUT2D eigenvalue weighted by atomic mass is 19.1. The molecule has 1 aromatic carbocycles. The van der Waals surface area contributed by atoms with E-state index in [-0.39, 0.29) is 18.1 Å². The van der Waals surface area contributed by atoms with Gasteiger partial charge in [-0.05, 0) is 38.2 Å². The second-order valence-electron chi connectivity index (χ2n) is 8.00. The van der Waals surface area contributed by atoms with Crippen LogP contribution in [-0.2, 0) is 6.61 Å². The molecule has 1 N–H and O–H groups in total. The number of amides is 1. The van der Waals surface area contributed by atoms with Crippen molar-refractivity contribution in [2.45, 2.75) is 13.5 Å². The Labute approximate surface area is 185 Å². The predicted octanol–water partition coefficient (Wildman–Crippen LogP) is 2.48. The van der Waals surface area contributed by atoms with E-state index >= 15 is 0 Å². The average Bonchev–Trinajstić information content (AvgIpc) is 3.11. The van der Waals surface area contributed by atoms with Crippen molar-refractivity contribution < 1.29 is 18.3 Å². The van der Waals surface area contributed by atoms with Gasteiger partial charge in [0.05, 0.1) is 11.3 Å². The molecule has 0 aliphatic carbocycles. The number of pyridine rings is 1. The fourth-order valence-electron chi connectivity index (χ4n) is 3.85. The molecular weight excluding hydrogens is 416 g/mol. The molecule has 3 heterocycles. The standard InChI is InChI=1S/C23H27F2N5O2/c1-16-21(23(31)26-8-10-29-13-11-28(2)12-14-29)30-9-4-7-20(22(30)27-16)32-15-17-18(24)5-3-6-19(17)25/h3-7,9H,8,10-15H2,1-2H3,(H,26,31). The second kappa shape index (κ2) is 9.62. The molecule has 0 radical (unpaired) electrons. The Hall–Kier alpha value is -3.04. The topological polar surface area (TPSA) is 62.1 Å². The molecule has 0 saturated carbocycles. The summed E-state index contributed by atoms with van der Waals surface area (Å²) in [5.74, 6) is -1.22. The minimum absolute atomic E-state index is 0.153. The summed E-state index contributed by atoms with van der Waals surface area (Å²) in [6.45, 7) is 6.84. The van der Waals surface area contributed by atoms with Crippen LogP contribution in [0.25, 0.3) is 5.65 Å². The van der Waals surface area contributed by atoms with Gasteiger partial charge in [-0.3, -0.25) is 14.1 Å². The van der Waals surface area contributed by atoms with Crippen molar-refractivity contribution in [1.29, 1.82) is 0 Å². The van der Waals surface area contributed by atoms with E-state index in [1.165, 1.54) is 18.2 Å². The highest BCUT2D eigenvalue weighted by molar-refractivity contribution is 5.95. The van der Waals surface area contributed by atoms with E-state index in [1.54, 1.807) is 29.7 Å². The largest absolute Gasteiger partial charge is 0.485 e. The number of halogens is 2. The van der Waals surface area contributed by atoms with Gasteiger partial charge in [-0.2, -0.15) is 0 Å². The van der Waals surface area contributed by atoms with E-state index in [0.717, 1.165) is 32.7 Å². The quantitative estimate of drug-likeness (QED) is 0.608. The van der Waals surface area contributed by atoms with Crippen LogP contribution in [-0.4, -0.2) is 71.4 Å². The Balaban J connectivity index is 1.45. The van der Waals surface area contributed by atoms with Crippen molar-refractivity contribution in [3.63, 3.8) is 0 Å². The summed E-state index contributed by atoms with van der Waals surface area (Å²) in [6.07, 6.45) is 1.72. The lowest BCUT2D eigenvalue weighted by Crippen LogP contribution is -2.47. The number of aryl methyl sites for hydroxylation is 1. The van der Waals surface area contributed by atoms with Gasteiger partial charge in [0.2, 0.25) is 0 Å². The summed E-state index contributed by atoms with van der Waals surface area (Å²) in [7, 11) is 2.11. The number of rotatable bonds is 7. The minimum atomic E-state index is -0.670. The molecule has 0 spiro atoms. The molecule has 1 aliphatic rings. The van der Waals surface area contributed by atoms with Gasteiger partial charge in [-0.1, -0.05) is 6.07 Å². The van der Waals surface area contributed by atoms with Gasteiger partial charge >= 0.3 is 0 Å². The van der Waals surface area contributed by atoms with Crippen LogP contribution >= 0.6 is 0 Å². The van der Waals surface area contributed by atoms with Crippen LogP contribution in [0.4, 0.5) is 8.78 Å². The SMILES string of the molecule is Cc1nc2c(OCc3c(F)cccc3F)cccn2c1C(=O)NCCN1CCN(C)CC1. The smallest absolute Gasteiger partial charge is 0.270 e. The number of hydrogen-bond donors (Lipinski definition) is 1. The molecular formula is C23H27F2N5O2. The van der Waals surface area contributed by atoms with Crippen LogP contribution < -0.4 is 10.1 Å². The lowest BCUT2D eigenvalue weighted by Gasteiger charge is -2.32. The van der Waals surface area contributed by atoms with E-state index in [9.17, 15) is 13.6 Å². The Morgan fingerprint density at radius 2 is 1.84 bits per heavy atom. The molecule has 32 heavy (non-hydrogen) atoms. The first-order valence-electron chi connectivity index (χ1n) is 10.7. The first-order valence-corrected chi connectivity index (χ1v) is 10.7. The summed E-state index contributed by atoms with van der Waals surface area (Å²) >= 11 is 0. The lowest BCUT2D eigenvalue weighted by atomic mass is 10.2. The zero-order chi connectivity index (χ0) is 22.7. The third-order valence-electron chi connectivity index (χ3n) is 5.75. The normalized spacial score (nSPS) is 15.2. The van der Waals surface area contributed by atoms with Gasteiger partial charge in [-0.25, -0.2) is 13.8 Å². The Morgan fingerprint density at radius 1 is 1.12 bits per heavy atom. The average molecular weight is 443 g/mol. The summed E-state index contributed by atoms with van der Waals surface area (Å²) in [5, 5.41) is 2.97. The third-order valence-corrected chi connectivity index (χ3v) is 5.75. The van der Waals surface area contributed by atoms with Gasteiger partial charge in [0, 0.05) is 45.5 Å². The molecule has 0 unspecified atom stereocenters. The first kappa shape index (κ1) is 22.2. The molecule has 1 amide bonds. The fourth-order valence-corrected chi connectivity index (χ4v) is 3.85. The predicted molar refractivity (Wildman–Crippen MR) is 117 cm³/mol. The maximum atomic E-state index is 13.9. The molecule has 1 aliphatic heterocycles. The molecule has 170 valence electrons. The van der Waals surface area contributed by atoms with Crippen molar-refractivity contribution in [1.82, 2.24) is 24.5 Å². The number of aromatic nitrogens is 2. The first-order chi connectivity index (χ1) is 15.4. The lowest BCUT2D eigenvalue weighted by molar-refractivity contribution is 0.0934. The van der Waals surface area contributed by atoms with Crippen molar-refractivity contribution >= 4 is 11.6 Å². The van der Waals surface area contributed by atoms with Crippen LogP contribution in [0.2, 0.25) is 0 Å². The van der Waals surface area contributed by atoms with Gasteiger partial charge in [-0.15, -0.1) is 0 Å². The van der Waals surface area contributed by atoms with E-state index in [1.807, 2.05) is 0 Å². The zero-order valence-electron chi connectivity index (χ0n) is 18.3. The Kier molecular flexibility index (Phi) is 6.66. The number of likely N-dealkylation sites (N-methyl/N-ethyl adjacent to an activating group) is 1. The van der Waals surface area contributed by atoms with E-state index < -0.39 is 11.6 Å². The van der Waals surface area contributed by atoms with Gasteiger partial charge in [0.25, 0.3) is 5.91 Å². The summed E-state index contributed by atoms with van der Waals surface area (Å²) in [6, 6.07) is 7.05. The second-order valence-corrected chi connectivity index (χ2v) is 8.00. The fraction of sp³-hybridized carbons (Fsp3) is 0.391. The number of nitrogens with zero attached hydrogens (tertiary/aromatic N) is 4. The highest BCUT2D eigenvalue weighted by Crippen LogP contribution is 2.24. The summed E-state index contributed by atoms with van der Waals surface area (Å²) in [4.78, 5) is 22.0. The van der Waals surface area contributed by atoms with E-state index in [4.69, 9.17) is 4.74 Å². The maximum Gasteiger partial charge on any atom is 0.270 e. The van der Waals surface area contributed by atoms with Crippen molar-refractivity contribution in [3.05, 3.63) is 65.1 Å². The molecule has 9 heteroatoms. The molecule has 2 aromatic heterocycles. The number of fused-ring (bicyclic) bond motifs is 1. The van der Waals surface area contributed by atoms with E-state index in [2.05, 4.69) is 27.1 Å². The van der Waals surface area contributed by atoms with Crippen LogP contribution in [0.5, 0.6) is 5.75 Å². The summed E-state index contributed by atoms with van der Waals surface area (Å²) in [5.41, 5.74) is 1.24. The molecule has 1 fully saturated rings. The van der Waals surface area contributed by atoms with Crippen LogP contribution in [0, 0.1) is 18.6 Å².